The van der Waals surface area contributed by atoms with E-state index in [4.69, 9.17) is 11.6 Å². The summed E-state index contributed by atoms with van der Waals surface area (Å²) in [6.07, 6.45) is -5.10. The van der Waals surface area contributed by atoms with E-state index in [1.807, 2.05) is 0 Å². The van der Waals surface area contributed by atoms with Crippen molar-refractivity contribution in [1.29, 1.82) is 0 Å². The van der Waals surface area contributed by atoms with Crippen LogP contribution < -0.4 is 9.47 Å². The van der Waals surface area contributed by atoms with Crippen LogP contribution in [0, 0.1) is 10.1 Å². The minimum atomic E-state index is -5.10. The van der Waals surface area contributed by atoms with Gasteiger partial charge in [0.05, 0.1) is 13.0 Å². The zero-order valence-electron chi connectivity index (χ0n) is 8.82. The van der Waals surface area contributed by atoms with Gasteiger partial charge in [-0.05, 0) is 9.91 Å². The molecule has 0 spiro atoms. The molecule has 0 N–H and O–H groups in total. The van der Waals surface area contributed by atoms with Crippen LogP contribution in [0.4, 0.5) is 19.0 Å². The van der Waals surface area contributed by atoms with E-state index in [1.54, 1.807) is 0 Å². The number of aromatic nitrogens is 1. The van der Waals surface area contributed by atoms with Crippen LogP contribution in [0.1, 0.15) is 5.69 Å². The SMILES string of the molecule is COc1cc(CCl)nc([N+](=O)[O-])c1OC(F)(F)F. The number of pyridine rings is 1. The first-order chi connectivity index (χ1) is 8.28. The van der Waals surface area contributed by atoms with Gasteiger partial charge >= 0.3 is 12.2 Å². The number of methoxy groups -OCH3 is 1. The minimum absolute atomic E-state index is 0.00487. The van der Waals surface area contributed by atoms with Gasteiger partial charge < -0.3 is 19.6 Å². The molecule has 1 heterocycles. The number of halogens is 4. The molecular formula is C8H6ClF3N2O4. The average molecular weight is 287 g/mol. The third-order valence-corrected chi connectivity index (χ3v) is 2.00. The number of ether oxygens (including phenoxy) is 2. The lowest BCUT2D eigenvalue weighted by Gasteiger charge is -2.12. The standard InChI is InChI=1S/C8H6ClF3N2O4/c1-17-5-2-4(3-9)13-7(14(15)16)6(5)18-8(10,11)12/h2H,3H2,1H3. The molecule has 0 amide bonds. The van der Waals surface area contributed by atoms with Gasteiger partial charge in [-0.25, -0.2) is 0 Å². The topological polar surface area (TPSA) is 74.5 Å². The molecule has 0 aliphatic rings. The summed E-state index contributed by atoms with van der Waals surface area (Å²) in [6.45, 7) is 0. The van der Waals surface area contributed by atoms with E-state index in [9.17, 15) is 23.3 Å². The van der Waals surface area contributed by atoms with Gasteiger partial charge in [0.25, 0.3) is 5.75 Å². The lowest BCUT2D eigenvalue weighted by Crippen LogP contribution is -2.19. The Hall–Kier alpha value is -1.77. The molecule has 1 aromatic rings. The molecule has 0 bridgehead atoms. The molecule has 100 valence electrons. The molecule has 0 atom stereocenters. The summed E-state index contributed by atoms with van der Waals surface area (Å²) in [5.74, 6) is -2.90. The van der Waals surface area contributed by atoms with Crippen LogP contribution >= 0.6 is 11.6 Å². The van der Waals surface area contributed by atoms with Crippen LogP contribution in [0.2, 0.25) is 0 Å². The van der Waals surface area contributed by atoms with E-state index in [1.165, 1.54) is 0 Å². The van der Waals surface area contributed by atoms with Gasteiger partial charge in [-0.3, -0.25) is 0 Å². The van der Waals surface area contributed by atoms with Crippen LogP contribution in [0.25, 0.3) is 0 Å². The summed E-state index contributed by atoms with van der Waals surface area (Å²) in [6, 6.07) is 1.03. The maximum absolute atomic E-state index is 12.1. The van der Waals surface area contributed by atoms with E-state index in [-0.39, 0.29) is 11.6 Å². The second-order valence-electron chi connectivity index (χ2n) is 2.91. The lowest BCUT2D eigenvalue weighted by molar-refractivity contribution is -0.393. The fourth-order valence-corrected chi connectivity index (χ4v) is 1.24. The van der Waals surface area contributed by atoms with Crippen LogP contribution in [0.3, 0.4) is 0 Å². The first-order valence-corrected chi connectivity index (χ1v) is 4.86. The zero-order chi connectivity index (χ0) is 13.9. The highest BCUT2D eigenvalue weighted by atomic mass is 35.5. The predicted molar refractivity (Wildman–Crippen MR) is 53.7 cm³/mol. The molecule has 0 radical (unpaired) electrons. The fourth-order valence-electron chi connectivity index (χ4n) is 1.10. The summed E-state index contributed by atoms with van der Waals surface area (Å²) >= 11 is 5.41. The first-order valence-electron chi connectivity index (χ1n) is 4.32. The first kappa shape index (κ1) is 14.3. The molecule has 0 aliphatic carbocycles. The molecule has 0 saturated heterocycles. The van der Waals surface area contributed by atoms with Crippen molar-refractivity contribution in [3.63, 3.8) is 0 Å². The maximum Gasteiger partial charge on any atom is 0.573 e. The molecular weight excluding hydrogens is 281 g/mol. The van der Waals surface area contributed by atoms with Crippen molar-refractivity contribution in [1.82, 2.24) is 4.98 Å². The molecule has 0 aliphatic heterocycles. The molecule has 0 fully saturated rings. The Kier molecular flexibility index (Phi) is 4.17. The number of alkyl halides is 4. The predicted octanol–water partition coefficient (Wildman–Crippen LogP) is 2.64. The molecule has 10 heteroatoms. The van der Waals surface area contributed by atoms with Crippen LogP contribution in [0.5, 0.6) is 11.5 Å². The molecule has 0 saturated carbocycles. The van der Waals surface area contributed by atoms with E-state index in [2.05, 4.69) is 14.5 Å². The number of hydrogen-bond acceptors (Lipinski definition) is 5. The average Bonchev–Trinajstić information content (AvgIpc) is 2.26. The molecule has 1 rings (SSSR count). The zero-order valence-corrected chi connectivity index (χ0v) is 9.58. The summed E-state index contributed by atoms with van der Waals surface area (Å²) < 4.78 is 44.5. The lowest BCUT2D eigenvalue weighted by atomic mass is 10.3. The Morgan fingerprint density at radius 2 is 2.17 bits per heavy atom. The van der Waals surface area contributed by atoms with Crippen molar-refractivity contribution < 1.29 is 27.6 Å². The second kappa shape index (κ2) is 5.25. The quantitative estimate of drug-likeness (QED) is 0.483. The van der Waals surface area contributed by atoms with E-state index >= 15 is 0 Å². The van der Waals surface area contributed by atoms with Gasteiger partial charge in [0.2, 0.25) is 0 Å². The molecule has 0 unspecified atom stereocenters. The Morgan fingerprint density at radius 3 is 2.56 bits per heavy atom. The summed E-state index contributed by atoms with van der Waals surface area (Å²) in [5.41, 5.74) is -0.00487. The third kappa shape index (κ3) is 3.36. The normalized spacial score (nSPS) is 11.2. The van der Waals surface area contributed by atoms with Crippen molar-refractivity contribution in [2.75, 3.05) is 7.11 Å². The van der Waals surface area contributed by atoms with Crippen LogP contribution in [0.15, 0.2) is 6.07 Å². The van der Waals surface area contributed by atoms with Gasteiger partial charge in [-0.2, -0.15) is 0 Å². The second-order valence-corrected chi connectivity index (χ2v) is 3.17. The van der Waals surface area contributed by atoms with Crippen molar-refractivity contribution in [3.8, 4) is 11.5 Å². The number of nitrogens with zero attached hydrogens (tertiary/aromatic N) is 2. The number of nitro groups is 1. The molecule has 0 aromatic carbocycles. The highest BCUT2D eigenvalue weighted by molar-refractivity contribution is 6.16. The molecule has 6 nitrogen and oxygen atoms in total. The Morgan fingerprint density at radius 1 is 1.56 bits per heavy atom. The van der Waals surface area contributed by atoms with Gasteiger partial charge in [0.1, 0.15) is 0 Å². The van der Waals surface area contributed by atoms with Crippen LogP contribution in [-0.2, 0) is 5.88 Å². The summed E-state index contributed by atoms with van der Waals surface area (Å²) in [7, 11) is 1.04. The Balaban J connectivity index is 3.39. The van der Waals surface area contributed by atoms with Crippen LogP contribution in [-0.4, -0.2) is 23.4 Å². The largest absolute Gasteiger partial charge is 0.573 e. The van der Waals surface area contributed by atoms with Crippen molar-refractivity contribution >= 4 is 17.4 Å². The van der Waals surface area contributed by atoms with Gasteiger partial charge in [0, 0.05) is 6.07 Å². The Labute approximate surface area is 103 Å². The van der Waals surface area contributed by atoms with Crippen molar-refractivity contribution in [3.05, 3.63) is 21.9 Å². The van der Waals surface area contributed by atoms with E-state index in [0.717, 1.165) is 13.2 Å². The minimum Gasteiger partial charge on any atom is -0.492 e. The summed E-state index contributed by atoms with van der Waals surface area (Å²) in [5, 5.41) is 10.6. The van der Waals surface area contributed by atoms with E-state index < -0.39 is 28.6 Å². The van der Waals surface area contributed by atoms with Gasteiger partial charge in [-0.1, -0.05) is 0 Å². The Bertz CT molecular complexity index is 466. The maximum atomic E-state index is 12.1. The third-order valence-electron chi connectivity index (χ3n) is 1.72. The smallest absolute Gasteiger partial charge is 0.492 e. The monoisotopic (exact) mass is 286 g/mol. The van der Waals surface area contributed by atoms with Crippen molar-refractivity contribution in [2.24, 2.45) is 0 Å². The van der Waals surface area contributed by atoms with Crippen molar-refractivity contribution in [2.45, 2.75) is 12.2 Å². The fraction of sp³-hybridized carbons (Fsp3) is 0.375. The molecule has 1 aromatic heterocycles. The number of hydrogen-bond donors (Lipinski definition) is 0. The molecule has 18 heavy (non-hydrogen) atoms. The van der Waals surface area contributed by atoms with Gasteiger partial charge in [-0.15, -0.1) is 24.8 Å². The number of rotatable bonds is 4. The summed E-state index contributed by atoms with van der Waals surface area (Å²) in [4.78, 5) is 12.9. The van der Waals surface area contributed by atoms with E-state index in [0.29, 0.717) is 0 Å². The highest BCUT2D eigenvalue weighted by Gasteiger charge is 2.37. The highest BCUT2D eigenvalue weighted by Crippen LogP contribution is 2.39. The van der Waals surface area contributed by atoms with Gasteiger partial charge in [0.15, 0.2) is 11.4 Å².